The lowest BCUT2D eigenvalue weighted by Crippen LogP contribution is -2.32. The zero-order valence-electron chi connectivity index (χ0n) is 7.42. The van der Waals surface area contributed by atoms with Gasteiger partial charge in [0.25, 0.3) is 0 Å². The van der Waals surface area contributed by atoms with Crippen molar-refractivity contribution in [2.75, 3.05) is 0 Å². The molecule has 0 radical (unpaired) electrons. The van der Waals surface area contributed by atoms with Gasteiger partial charge in [-0.2, -0.15) is 5.26 Å². The second-order valence-corrected chi connectivity index (χ2v) is 3.26. The van der Waals surface area contributed by atoms with E-state index in [-0.39, 0.29) is 12.2 Å². The molecular formula is C10H11FN2. The van der Waals surface area contributed by atoms with Crippen molar-refractivity contribution in [3.05, 3.63) is 35.6 Å². The Bertz CT molecular complexity index is 322. The number of nitrogens with two attached hydrogens (primary N) is 1. The first-order valence-electron chi connectivity index (χ1n) is 3.98. The summed E-state index contributed by atoms with van der Waals surface area (Å²) >= 11 is 0. The Morgan fingerprint density at radius 2 is 2.00 bits per heavy atom. The van der Waals surface area contributed by atoms with Gasteiger partial charge in [0.1, 0.15) is 5.82 Å². The number of halogens is 1. The summed E-state index contributed by atoms with van der Waals surface area (Å²) in [6.07, 6.45) is 0.221. The fourth-order valence-corrected chi connectivity index (χ4v) is 1.10. The van der Waals surface area contributed by atoms with Crippen LogP contribution in [0.1, 0.15) is 18.9 Å². The van der Waals surface area contributed by atoms with Crippen LogP contribution in [0, 0.1) is 17.1 Å². The molecule has 1 aromatic carbocycles. The van der Waals surface area contributed by atoms with Crippen LogP contribution in [-0.2, 0) is 5.54 Å². The van der Waals surface area contributed by atoms with Crippen LogP contribution in [-0.4, -0.2) is 0 Å². The third-order valence-corrected chi connectivity index (χ3v) is 1.95. The molecule has 0 saturated heterocycles. The summed E-state index contributed by atoms with van der Waals surface area (Å²) in [6, 6.07) is 7.90. The fourth-order valence-electron chi connectivity index (χ4n) is 1.10. The third-order valence-electron chi connectivity index (χ3n) is 1.95. The molecule has 0 aliphatic heterocycles. The van der Waals surface area contributed by atoms with Gasteiger partial charge in [-0.1, -0.05) is 12.1 Å². The molecule has 0 aliphatic carbocycles. The minimum atomic E-state index is -0.692. The largest absolute Gasteiger partial charge is 0.321 e. The third kappa shape index (κ3) is 2.27. The summed E-state index contributed by atoms with van der Waals surface area (Å²) in [5, 5.41) is 8.51. The smallest absolute Gasteiger partial charge is 0.123 e. The van der Waals surface area contributed by atoms with Crippen molar-refractivity contribution < 1.29 is 4.39 Å². The Kier molecular flexibility index (Phi) is 2.64. The van der Waals surface area contributed by atoms with Crippen LogP contribution >= 0.6 is 0 Å². The molecule has 0 spiro atoms. The van der Waals surface area contributed by atoms with Crippen molar-refractivity contribution in [3.63, 3.8) is 0 Å². The predicted octanol–water partition coefficient (Wildman–Crippen LogP) is 1.91. The molecule has 0 aromatic heterocycles. The van der Waals surface area contributed by atoms with Crippen molar-refractivity contribution in [3.8, 4) is 6.07 Å². The van der Waals surface area contributed by atoms with Gasteiger partial charge < -0.3 is 5.73 Å². The van der Waals surface area contributed by atoms with Gasteiger partial charge in [0.15, 0.2) is 0 Å². The summed E-state index contributed by atoms with van der Waals surface area (Å²) in [4.78, 5) is 0. The lowest BCUT2D eigenvalue weighted by atomic mass is 9.90. The highest BCUT2D eigenvalue weighted by Crippen LogP contribution is 2.20. The number of nitriles is 1. The van der Waals surface area contributed by atoms with Crippen LogP contribution in [0.15, 0.2) is 24.3 Å². The van der Waals surface area contributed by atoms with Gasteiger partial charge in [0.2, 0.25) is 0 Å². The van der Waals surface area contributed by atoms with Crippen LogP contribution in [0.5, 0.6) is 0 Å². The molecule has 1 atom stereocenters. The van der Waals surface area contributed by atoms with Gasteiger partial charge in [-0.3, -0.25) is 0 Å². The minimum Gasteiger partial charge on any atom is -0.321 e. The van der Waals surface area contributed by atoms with E-state index in [2.05, 4.69) is 0 Å². The van der Waals surface area contributed by atoms with E-state index in [1.165, 1.54) is 12.1 Å². The lowest BCUT2D eigenvalue weighted by molar-refractivity contribution is 0.505. The topological polar surface area (TPSA) is 49.8 Å². The van der Waals surface area contributed by atoms with E-state index in [9.17, 15) is 4.39 Å². The standard InChI is InChI=1S/C10H11FN2/c1-10(13,6-7-12)8-2-4-9(11)5-3-8/h2-5H,6,13H2,1H3/t10-/m1/s1. The van der Waals surface area contributed by atoms with E-state index in [0.29, 0.717) is 0 Å². The van der Waals surface area contributed by atoms with E-state index in [1.54, 1.807) is 19.1 Å². The number of benzene rings is 1. The Morgan fingerprint density at radius 3 is 2.46 bits per heavy atom. The summed E-state index contributed by atoms with van der Waals surface area (Å²) in [5.41, 5.74) is 5.94. The SMILES string of the molecule is C[C@@](N)(CC#N)c1ccc(F)cc1. The van der Waals surface area contributed by atoms with E-state index in [4.69, 9.17) is 11.0 Å². The Labute approximate surface area is 76.8 Å². The molecule has 2 N–H and O–H groups in total. The number of rotatable bonds is 2. The molecule has 13 heavy (non-hydrogen) atoms. The summed E-state index contributed by atoms with van der Waals surface area (Å²) in [5.74, 6) is -0.295. The molecular weight excluding hydrogens is 167 g/mol. The molecule has 1 rings (SSSR count). The fraction of sp³-hybridized carbons (Fsp3) is 0.300. The highest BCUT2D eigenvalue weighted by atomic mass is 19.1. The van der Waals surface area contributed by atoms with E-state index >= 15 is 0 Å². The number of hydrogen-bond donors (Lipinski definition) is 1. The molecule has 0 heterocycles. The quantitative estimate of drug-likeness (QED) is 0.752. The Morgan fingerprint density at radius 1 is 1.46 bits per heavy atom. The van der Waals surface area contributed by atoms with Crippen LogP contribution < -0.4 is 5.73 Å². The van der Waals surface area contributed by atoms with Gasteiger partial charge >= 0.3 is 0 Å². The predicted molar refractivity (Wildman–Crippen MR) is 48.2 cm³/mol. The van der Waals surface area contributed by atoms with Crippen LogP contribution in [0.4, 0.5) is 4.39 Å². The molecule has 0 unspecified atom stereocenters. The average molecular weight is 178 g/mol. The molecule has 3 heteroatoms. The van der Waals surface area contributed by atoms with Gasteiger partial charge in [-0.15, -0.1) is 0 Å². The second-order valence-electron chi connectivity index (χ2n) is 3.26. The Hall–Kier alpha value is -1.40. The summed E-state index contributed by atoms with van der Waals surface area (Å²) < 4.78 is 12.6. The second kappa shape index (κ2) is 3.55. The van der Waals surface area contributed by atoms with Crippen molar-refractivity contribution in [2.45, 2.75) is 18.9 Å². The van der Waals surface area contributed by atoms with Crippen molar-refractivity contribution in [1.82, 2.24) is 0 Å². The maximum Gasteiger partial charge on any atom is 0.123 e. The maximum absolute atomic E-state index is 12.6. The summed E-state index contributed by atoms with van der Waals surface area (Å²) in [6.45, 7) is 1.75. The molecule has 0 aliphatic rings. The minimum absolute atomic E-state index is 0.221. The van der Waals surface area contributed by atoms with Gasteiger partial charge in [-0.25, -0.2) is 4.39 Å². The average Bonchev–Trinajstić information content (AvgIpc) is 2.05. The molecule has 1 aromatic rings. The van der Waals surface area contributed by atoms with E-state index in [1.807, 2.05) is 6.07 Å². The van der Waals surface area contributed by atoms with Crippen molar-refractivity contribution in [2.24, 2.45) is 5.73 Å². The van der Waals surface area contributed by atoms with Gasteiger partial charge in [0, 0.05) is 0 Å². The molecule has 68 valence electrons. The monoisotopic (exact) mass is 178 g/mol. The zero-order chi connectivity index (χ0) is 9.90. The molecule has 0 bridgehead atoms. The van der Waals surface area contributed by atoms with Crippen molar-refractivity contribution in [1.29, 1.82) is 5.26 Å². The van der Waals surface area contributed by atoms with Crippen LogP contribution in [0.3, 0.4) is 0 Å². The number of hydrogen-bond acceptors (Lipinski definition) is 2. The van der Waals surface area contributed by atoms with Crippen molar-refractivity contribution >= 4 is 0 Å². The molecule has 0 amide bonds. The zero-order valence-corrected chi connectivity index (χ0v) is 7.42. The first kappa shape index (κ1) is 9.69. The molecule has 2 nitrogen and oxygen atoms in total. The maximum atomic E-state index is 12.6. The van der Waals surface area contributed by atoms with Gasteiger partial charge in [-0.05, 0) is 24.6 Å². The van der Waals surface area contributed by atoms with Crippen LogP contribution in [0.2, 0.25) is 0 Å². The lowest BCUT2D eigenvalue weighted by Gasteiger charge is -2.21. The van der Waals surface area contributed by atoms with E-state index in [0.717, 1.165) is 5.56 Å². The Balaban J connectivity index is 2.95. The van der Waals surface area contributed by atoms with Gasteiger partial charge in [0.05, 0.1) is 18.0 Å². The molecule has 0 saturated carbocycles. The first-order valence-corrected chi connectivity index (χ1v) is 3.98. The molecule has 0 fully saturated rings. The van der Waals surface area contributed by atoms with E-state index < -0.39 is 5.54 Å². The summed E-state index contributed by atoms with van der Waals surface area (Å²) in [7, 11) is 0. The highest BCUT2D eigenvalue weighted by Gasteiger charge is 2.20. The highest BCUT2D eigenvalue weighted by molar-refractivity contribution is 5.24. The van der Waals surface area contributed by atoms with Crippen LogP contribution in [0.25, 0.3) is 0 Å². The normalized spacial score (nSPS) is 14.6. The number of nitrogens with zero attached hydrogens (tertiary/aromatic N) is 1. The first-order chi connectivity index (χ1) is 6.06.